The largest absolute Gasteiger partial charge is 0.491 e. The number of thiophene rings is 1. The Bertz CT molecular complexity index is 900. The fourth-order valence-electron chi connectivity index (χ4n) is 3.94. The number of rotatable bonds is 6. The average molecular weight is 415 g/mol. The highest BCUT2D eigenvalue weighted by Gasteiger charge is 2.27. The highest BCUT2D eigenvalue weighted by molar-refractivity contribution is 7.17. The van der Waals surface area contributed by atoms with Crippen molar-refractivity contribution in [1.82, 2.24) is 0 Å². The predicted molar refractivity (Wildman–Crippen MR) is 113 cm³/mol. The molecular weight excluding hydrogens is 388 g/mol. The fraction of sp³-hybridized carbons (Fsp3) is 0.455. The molecule has 2 heterocycles. The molecule has 0 spiro atoms. The molecule has 1 fully saturated rings. The van der Waals surface area contributed by atoms with Crippen LogP contribution in [0, 0.1) is 5.92 Å². The number of anilines is 1. The van der Waals surface area contributed by atoms with Crippen molar-refractivity contribution in [2.24, 2.45) is 11.7 Å². The third kappa shape index (κ3) is 4.46. The van der Waals surface area contributed by atoms with Crippen LogP contribution in [0.5, 0.6) is 5.75 Å². The first-order chi connectivity index (χ1) is 14.0. The second-order valence-electron chi connectivity index (χ2n) is 7.84. The van der Waals surface area contributed by atoms with E-state index in [1.54, 1.807) is 24.3 Å². The molecule has 4 rings (SSSR count). The normalized spacial score (nSPS) is 20.9. The molecule has 0 radical (unpaired) electrons. The maximum absolute atomic E-state index is 12.7. The van der Waals surface area contributed by atoms with E-state index >= 15 is 0 Å². The van der Waals surface area contributed by atoms with Gasteiger partial charge in [0.2, 0.25) is 0 Å². The van der Waals surface area contributed by atoms with E-state index in [0.29, 0.717) is 34.4 Å². The van der Waals surface area contributed by atoms with Gasteiger partial charge in [-0.3, -0.25) is 9.59 Å². The van der Waals surface area contributed by atoms with Crippen molar-refractivity contribution in [3.05, 3.63) is 45.8 Å². The van der Waals surface area contributed by atoms with E-state index in [1.807, 2.05) is 0 Å². The summed E-state index contributed by atoms with van der Waals surface area (Å²) in [7, 11) is 0. The first kappa shape index (κ1) is 19.9. The SMILES string of the molecule is C[C@@H]1CCc2c(sc(NC(=O)c3ccc(OC[C@@H]4CCCO4)cc3)c2C(N)=O)C1. The zero-order chi connectivity index (χ0) is 20.4. The van der Waals surface area contributed by atoms with Gasteiger partial charge in [-0.25, -0.2) is 0 Å². The van der Waals surface area contributed by atoms with Gasteiger partial charge in [0, 0.05) is 17.0 Å². The topological polar surface area (TPSA) is 90.7 Å². The number of nitrogens with two attached hydrogens (primary N) is 1. The Labute approximate surface area is 174 Å². The number of amides is 2. The van der Waals surface area contributed by atoms with Crippen LogP contribution in [0.15, 0.2) is 24.3 Å². The smallest absolute Gasteiger partial charge is 0.256 e. The van der Waals surface area contributed by atoms with Crippen LogP contribution >= 0.6 is 11.3 Å². The van der Waals surface area contributed by atoms with Gasteiger partial charge in [0.1, 0.15) is 17.4 Å². The Morgan fingerprint density at radius 3 is 2.76 bits per heavy atom. The molecule has 2 amide bonds. The highest BCUT2D eigenvalue weighted by Crippen LogP contribution is 2.39. The molecule has 1 aromatic heterocycles. The molecule has 29 heavy (non-hydrogen) atoms. The number of fused-ring (bicyclic) bond motifs is 1. The summed E-state index contributed by atoms with van der Waals surface area (Å²) in [5, 5.41) is 3.45. The highest BCUT2D eigenvalue weighted by atomic mass is 32.1. The third-order valence-corrected chi connectivity index (χ3v) is 6.73. The molecule has 0 saturated carbocycles. The summed E-state index contributed by atoms with van der Waals surface area (Å²) < 4.78 is 11.3. The zero-order valence-electron chi connectivity index (χ0n) is 16.5. The van der Waals surface area contributed by atoms with Crippen molar-refractivity contribution in [2.75, 3.05) is 18.5 Å². The van der Waals surface area contributed by atoms with Crippen LogP contribution in [0.25, 0.3) is 0 Å². The van der Waals surface area contributed by atoms with Crippen LogP contribution in [0.3, 0.4) is 0 Å². The Morgan fingerprint density at radius 2 is 2.07 bits per heavy atom. The molecule has 0 unspecified atom stereocenters. The Morgan fingerprint density at radius 1 is 1.28 bits per heavy atom. The van der Waals surface area contributed by atoms with Crippen LogP contribution in [0.4, 0.5) is 5.00 Å². The molecular formula is C22H26N2O4S. The van der Waals surface area contributed by atoms with Crippen molar-refractivity contribution in [1.29, 1.82) is 0 Å². The van der Waals surface area contributed by atoms with Gasteiger partial charge in [-0.1, -0.05) is 6.92 Å². The number of hydrogen-bond donors (Lipinski definition) is 2. The second-order valence-corrected chi connectivity index (χ2v) is 8.95. The minimum atomic E-state index is -0.481. The first-order valence-corrected chi connectivity index (χ1v) is 10.9. The molecule has 2 atom stereocenters. The molecule has 1 aliphatic carbocycles. The van der Waals surface area contributed by atoms with E-state index in [0.717, 1.165) is 49.2 Å². The maximum Gasteiger partial charge on any atom is 0.256 e. The van der Waals surface area contributed by atoms with Gasteiger partial charge in [0.05, 0.1) is 11.7 Å². The molecule has 1 aromatic carbocycles. The lowest BCUT2D eigenvalue weighted by Crippen LogP contribution is -2.19. The van der Waals surface area contributed by atoms with Crippen molar-refractivity contribution >= 4 is 28.2 Å². The number of hydrogen-bond acceptors (Lipinski definition) is 5. The number of carbonyl (C=O) groups excluding carboxylic acids is 2. The van der Waals surface area contributed by atoms with Gasteiger partial charge in [-0.2, -0.15) is 0 Å². The molecule has 2 aromatic rings. The Hall–Kier alpha value is -2.38. The molecule has 2 aliphatic rings. The summed E-state index contributed by atoms with van der Waals surface area (Å²) in [6.45, 7) is 3.52. The Kier molecular flexibility index (Phi) is 5.87. The minimum absolute atomic E-state index is 0.151. The van der Waals surface area contributed by atoms with Crippen LogP contribution in [-0.4, -0.2) is 31.1 Å². The predicted octanol–water partition coefficient (Wildman–Crippen LogP) is 3.78. The quantitative estimate of drug-likeness (QED) is 0.753. The summed E-state index contributed by atoms with van der Waals surface area (Å²) in [6.07, 6.45) is 5.03. The minimum Gasteiger partial charge on any atom is -0.491 e. The molecule has 6 nitrogen and oxygen atoms in total. The van der Waals surface area contributed by atoms with E-state index in [-0.39, 0.29) is 12.0 Å². The van der Waals surface area contributed by atoms with Crippen molar-refractivity contribution in [3.63, 3.8) is 0 Å². The summed E-state index contributed by atoms with van der Waals surface area (Å²) in [5.74, 6) is 0.540. The van der Waals surface area contributed by atoms with Crippen molar-refractivity contribution in [3.8, 4) is 5.75 Å². The van der Waals surface area contributed by atoms with Gasteiger partial charge >= 0.3 is 0 Å². The van der Waals surface area contributed by atoms with Crippen molar-refractivity contribution in [2.45, 2.75) is 45.1 Å². The number of carbonyl (C=O) groups is 2. The number of nitrogens with one attached hydrogen (secondary N) is 1. The molecule has 0 bridgehead atoms. The van der Waals surface area contributed by atoms with E-state index < -0.39 is 5.91 Å². The zero-order valence-corrected chi connectivity index (χ0v) is 17.3. The lowest BCUT2D eigenvalue weighted by Gasteiger charge is -2.18. The van der Waals surface area contributed by atoms with Crippen molar-refractivity contribution < 1.29 is 19.1 Å². The van der Waals surface area contributed by atoms with Gasteiger partial charge in [0.25, 0.3) is 11.8 Å². The van der Waals surface area contributed by atoms with E-state index in [9.17, 15) is 9.59 Å². The van der Waals surface area contributed by atoms with Gasteiger partial charge in [-0.15, -0.1) is 11.3 Å². The van der Waals surface area contributed by atoms with Gasteiger partial charge < -0.3 is 20.5 Å². The van der Waals surface area contributed by atoms with E-state index in [2.05, 4.69) is 12.2 Å². The Balaban J connectivity index is 1.44. The van der Waals surface area contributed by atoms with E-state index in [1.165, 1.54) is 11.3 Å². The standard InChI is InChI=1S/C22H26N2O4S/c1-13-4-9-17-18(11-13)29-22(19(17)20(23)25)24-21(26)14-5-7-15(8-6-14)28-12-16-3-2-10-27-16/h5-8,13,16H,2-4,9-12H2,1H3,(H2,23,25)(H,24,26)/t13-,16+/m1/s1. The summed E-state index contributed by atoms with van der Waals surface area (Å²) in [6, 6.07) is 7.00. The fourth-order valence-corrected chi connectivity index (χ4v) is 5.35. The average Bonchev–Trinajstić information content (AvgIpc) is 3.33. The van der Waals surface area contributed by atoms with Crippen LogP contribution in [-0.2, 0) is 17.6 Å². The number of primary amides is 1. The van der Waals surface area contributed by atoms with Crippen LogP contribution < -0.4 is 15.8 Å². The monoisotopic (exact) mass is 414 g/mol. The van der Waals surface area contributed by atoms with Gasteiger partial charge in [0.15, 0.2) is 0 Å². The van der Waals surface area contributed by atoms with Crippen LogP contribution in [0.1, 0.15) is 57.3 Å². The molecule has 154 valence electrons. The third-order valence-electron chi connectivity index (χ3n) is 5.56. The molecule has 3 N–H and O–H groups in total. The summed E-state index contributed by atoms with van der Waals surface area (Å²) in [5.41, 5.74) is 7.61. The summed E-state index contributed by atoms with van der Waals surface area (Å²) in [4.78, 5) is 25.9. The second kappa shape index (κ2) is 8.55. The maximum atomic E-state index is 12.7. The van der Waals surface area contributed by atoms with Crippen LogP contribution in [0.2, 0.25) is 0 Å². The lowest BCUT2D eigenvalue weighted by molar-refractivity contribution is 0.0679. The van der Waals surface area contributed by atoms with Gasteiger partial charge in [-0.05, 0) is 67.9 Å². The molecule has 7 heteroatoms. The first-order valence-electron chi connectivity index (χ1n) is 10.1. The van der Waals surface area contributed by atoms with E-state index in [4.69, 9.17) is 15.2 Å². The number of benzene rings is 1. The molecule has 1 aliphatic heterocycles. The number of ether oxygens (including phenoxy) is 2. The molecule has 1 saturated heterocycles. The lowest BCUT2D eigenvalue weighted by atomic mass is 9.88. The summed E-state index contributed by atoms with van der Waals surface area (Å²) >= 11 is 1.47.